The Hall–Kier alpha value is -3.02. The van der Waals surface area contributed by atoms with Crippen LogP contribution in [0.4, 0.5) is 5.69 Å². The SMILES string of the molecule is CCOc1ccc(C(=O)Nc2cccc(CN3CCCC3=O)c2)cc1OCC. The van der Waals surface area contributed by atoms with Crippen LogP contribution in [0.2, 0.25) is 0 Å². The summed E-state index contributed by atoms with van der Waals surface area (Å²) < 4.78 is 11.1. The summed E-state index contributed by atoms with van der Waals surface area (Å²) in [6, 6.07) is 12.7. The summed E-state index contributed by atoms with van der Waals surface area (Å²) in [5.41, 5.74) is 2.18. The predicted octanol–water partition coefficient (Wildman–Crippen LogP) is 3.86. The molecule has 0 saturated carbocycles. The highest BCUT2D eigenvalue weighted by atomic mass is 16.5. The van der Waals surface area contributed by atoms with Gasteiger partial charge in [0.15, 0.2) is 11.5 Å². The zero-order valence-electron chi connectivity index (χ0n) is 16.4. The number of benzene rings is 2. The summed E-state index contributed by atoms with van der Waals surface area (Å²) in [7, 11) is 0. The van der Waals surface area contributed by atoms with E-state index in [9.17, 15) is 9.59 Å². The van der Waals surface area contributed by atoms with Crippen LogP contribution in [0.3, 0.4) is 0 Å². The standard InChI is InChI=1S/C22H26N2O4/c1-3-27-19-11-10-17(14-20(19)28-4-2)22(26)23-18-8-5-7-16(13-18)15-24-12-6-9-21(24)25/h5,7-8,10-11,13-14H,3-4,6,9,12,15H2,1-2H3,(H,23,26). The van der Waals surface area contributed by atoms with Crippen LogP contribution in [0, 0.1) is 0 Å². The Morgan fingerprint density at radius 2 is 1.86 bits per heavy atom. The number of anilines is 1. The highest BCUT2D eigenvalue weighted by Gasteiger charge is 2.20. The largest absolute Gasteiger partial charge is 0.490 e. The van der Waals surface area contributed by atoms with Crippen LogP contribution >= 0.6 is 0 Å². The molecule has 0 bridgehead atoms. The lowest BCUT2D eigenvalue weighted by molar-refractivity contribution is -0.128. The van der Waals surface area contributed by atoms with E-state index in [0.29, 0.717) is 48.9 Å². The third-order valence-corrected chi connectivity index (χ3v) is 4.54. The third-order valence-electron chi connectivity index (χ3n) is 4.54. The molecule has 3 rings (SSSR count). The molecule has 2 amide bonds. The maximum Gasteiger partial charge on any atom is 0.255 e. The lowest BCUT2D eigenvalue weighted by Gasteiger charge is -2.16. The Bertz CT molecular complexity index is 850. The molecule has 2 aromatic rings. The molecule has 6 nitrogen and oxygen atoms in total. The highest BCUT2D eigenvalue weighted by molar-refractivity contribution is 6.04. The van der Waals surface area contributed by atoms with Crippen molar-refractivity contribution >= 4 is 17.5 Å². The first-order chi connectivity index (χ1) is 13.6. The smallest absolute Gasteiger partial charge is 0.255 e. The van der Waals surface area contributed by atoms with Crippen LogP contribution in [-0.4, -0.2) is 36.5 Å². The quantitative estimate of drug-likeness (QED) is 0.753. The fourth-order valence-electron chi connectivity index (χ4n) is 3.23. The summed E-state index contributed by atoms with van der Waals surface area (Å²) in [5.74, 6) is 1.14. The van der Waals surface area contributed by atoms with Gasteiger partial charge in [0.2, 0.25) is 5.91 Å². The third kappa shape index (κ3) is 4.82. The Morgan fingerprint density at radius 3 is 2.57 bits per heavy atom. The van der Waals surface area contributed by atoms with Gasteiger partial charge in [0.05, 0.1) is 13.2 Å². The number of hydrogen-bond donors (Lipinski definition) is 1. The first-order valence-electron chi connectivity index (χ1n) is 9.68. The molecular weight excluding hydrogens is 356 g/mol. The molecule has 1 aliphatic heterocycles. The maximum atomic E-state index is 12.7. The van der Waals surface area contributed by atoms with Crippen molar-refractivity contribution < 1.29 is 19.1 Å². The van der Waals surface area contributed by atoms with Crippen molar-refractivity contribution in [1.82, 2.24) is 4.90 Å². The Kier molecular flexibility index (Phi) is 6.53. The topological polar surface area (TPSA) is 67.9 Å². The number of hydrogen-bond acceptors (Lipinski definition) is 4. The van der Waals surface area contributed by atoms with Gasteiger partial charge in [-0.05, 0) is 56.2 Å². The number of nitrogens with one attached hydrogen (secondary N) is 1. The predicted molar refractivity (Wildman–Crippen MR) is 108 cm³/mol. The molecule has 1 N–H and O–H groups in total. The molecule has 1 heterocycles. The molecular formula is C22H26N2O4. The molecule has 0 radical (unpaired) electrons. The molecule has 2 aromatic carbocycles. The summed E-state index contributed by atoms with van der Waals surface area (Å²) in [6.45, 7) is 6.17. The van der Waals surface area contributed by atoms with Gasteiger partial charge in [-0.2, -0.15) is 0 Å². The molecule has 0 atom stereocenters. The van der Waals surface area contributed by atoms with Crippen LogP contribution in [0.1, 0.15) is 42.6 Å². The average molecular weight is 382 g/mol. The molecule has 0 spiro atoms. The van der Waals surface area contributed by atoms with Gasteiger partial charge in [0, 0.05) is 30.8 Å². The number of nitrogens with zero attached hydrogens (tertiary/aromatic N) is 1. The van der Waals surface area contributed by atoms with Gasteiger partial charge < -0.3 is 19.7 Å². The number of ether oxygens (including phenoxy) is 2. The maximum absolute atomic E-state index is 12.7. The van der Waals surface area contributed by atoms with E-state index in [-0.39, 0.29) is 11.8 Å². The normalized spacial score (nSPS) is 13.5. The van der Waals surface area contributed by atoms with Crippen molar-refractivity contribution in [3.63, 3.8) is 0 Å². The second-order valence-corrected chi connectivity index (χ2v) is 6.60. The molecule has 1 aliphatic rings. The zero-order chi connectivity index (χ0) is 19.9. The number of rotatable bonds is 8. The number of carbonyl (C=O) groups is 2. The average Bonchev–Trinajstić information content (AvgIpc) is 3.08. The van der Waals surface area contributed by atoms with Crippen molar-refractivity contribution in [3.05, 3.63) is 53.6 Å². The Balaban J connectivity index is 1.71. The van der Waals surface area contributed by atoms with Crippen LogP contribution < -0.4 is 14.8 Å². The first-order valence-corrected chi connectivity index (χ1v) is 9.68. The minimum absolute atomic E-state index is 0.187. The Morgan fingerprint density at radius 1 is 1.07 bits per heavy atom. The molecule has 28 heavy (non-hydrogen) atoms. The van der Waals surface area contributed by atoms with Gasteiger partial charge in [-0.25, -0.2) is 0 Å². The molecule has 1 fully saturated rings. The van der Waals surface area contributed by atoms with E-state index in [4.69, 9.17) is 9.47 Å². The van der Waals surface area contributed by atoms with E-state index in [1.165, 1.54) is 0 Å². The van der Waals surface area contributed by atoms with Gasteiger partial charge in [-0.15, -0.1) is 0 Å². The van der Waals surface area contributed by atoms with E-state index in [2.05, 4.69) is 5.32 Å². The van der Waals surface area contributed by atoms with Gasteiger partial charge >= 0.3 is 0 Å². The van der Waals surface area contributed by atoms with Crippen LogP contribution in [0.25, 0.3) is 0 Å². The molecule has 0 unspecified atom stereocenters. The van der Waals surface area contributed by atoms with Crippen molar-refractivity contribution in [1.29, 1.82) is 0 Å². The summed E-state index contributed by atoms with van der Waals surface area (Å²) in [6.07, 6.45) is 1.53. The monoisotopic (exact) mass is 382 g/mol. The second kappa shape index (κ2) is 9.26. The van der Waals surface area contributed by atoms with Crippen LogP contribution in [0.15, 0.2) is 42.5 Å². The van der Waals surface area contributed by atoms with Crippen molar-refractivity contribution in [2.45, 2.75) is 33.2 Å². The number of likely N-dealkylation sites (tertiary alicyclic amines) is 1. The lowest BCUT2D eigenvalue weighted by atomic mass is 10.1. The molecule has 0 aromatic heterocycles. The number of carbonyl (C=O) groups excluding carboxylic acids is 2. The van der Waals surface area contributed by atoms with E-state index < -0.39 is 0 Å². The fraction of sp³-hybridized carbons (Fsp3) is 0.364. The molecule has 148 valence electrons. The fourth-order valence-corrected chi connectivity index (χ4v) is 3.23. The molecule has 1 saturated heterocycles. The van der Waals surface area contributed by atoms with Crippen molar-refractivity contribution in [2.24, 2.45) is 0 Å². The van der Waals surface area contributed by atoms with Gasteiger partial charge in [0.1, 0.15) is 0 Å². The van der Waals surface area contributed by atoms with Gasteiger partial charge in [-0.3, -0.25) is 9.59 Å². The van der Waals surface area contributed by atoms with E-state index in [1.54, 1.807) is 18.2 Å². The van der Waals surface area contributed by atoms with Crippen molar-refractivity contribution in [3.8, 4) is 11.5 Å². The highest BCUT2D eigenvalue weighted by Crippen LogP contribution is 2.29. The van der Waals surface area contributed by atoms with Crippen LogP contribution in [0.5, 0.6) is 11.5 Å². The minimum atomic E-state index is -0.224. The molecule has 0 aliphatic carbocycles. The van der Waals surface area contributed by atoms with Gasteiger partial charge in [0.25, 0.3) is 5.91 Å². The van der Waals surface area contributed by atoms with E-state index in [1.807, 2.05) is 43.0 Å². The summed E-state index contributed by atoms with van der Waals surface area (Å²) >= 11 is 0. The van der Waals surface area contributed by atoms with E-state index >= 15 is 0 Å². The van der Waals surface area contributed by atoms with Crippen LogP contribution in [-0.2, 0) is 11.3 Å². The van der Waals surface area contributed by atoms with Crippen molar-refractivity contribution in [2.75, 3.05) is 25.1 Å². The molecule has 6 heteroatoms. The van der Waals surface area contributed by atoms with E-state index in [0.717, 1.165) is 18.5 Å². The first kappa shape index (κ1) is 19.7. The zero-order valence-corrected chi connectivity index (χ0v) is 16.4. The second-order valence-electron chi connectivity index (χ2n) is 6.60. The van der Waals surface area contributed by atoms with Gasteiger partial charge in [-0.1, -0.05) is 12.1 Å². The summed E-state index contributed by atoms with van der Waals surface area (Å²) in [5, 5.41) is 2.92. The summed E-state index contributed by atoms with van der Waals surface area (Å²) in [4.78, 5) is 26.3. The minimum Gasteiger partial charge on any atom is -0.490 e. The number of amides is 2. The Labute approximate surface area is 165 Å². The lowest BCUT2D eigenvalue weighted by Crippen LogP contribution is -2.23.